The Morgan fingerprint density at radius 1 is 1.14 bits per heavy atom. The first-order chi connectivity index (χ1) is 10.7. The van der Waals surface area contributed by atoms with Crippen molar-refractivity contribution in [3.8, 4) is 0 Å². The molecule has 1 saturated heterocycles. The predicted octanol–water partition coefficient (Wildman–Crippen LogP) is 2.85. The summed E-state index contributed by atoms with van der Waals surface area (Å²) in [4.78, 5) is 2.54. The van der Waals surface area contributed by atoms with E-state index in [2.05, 4.69) is 41.4 Å². The first kappa shape index (κ1) is 16.0. The van der Waals surface area contributed by atoms with Gasteiger partial charge in [0, 0.05) is 31.7 Å². The van der Waals surface area contributed by atoms with Gasteiger partial charge in [-0.1, -0.05) is 42.7 Å². The van der Waals surface area contributed by atoms with E-state index < -0.39 is 0 Å². The summed E-state index contributed by atoms with van der Waals surface area (Å²) < 4.78 is 0. The van der Waals surface area contributed by atoms with E-state index in [0.717, 1.165) is 26.1 Å². The van der Waals surface area contributed by atoms with Crippen LogP contribution in [0.3, 0.4) is 0 Å². The highest BCUT2D eigenvalue weighted by Gasteiger charge is 2.31. The van der Waals surface area contributed by atoms with Crippen molar-refractivity contribution in [2.75, 3.05) is 13.1 Å². The van der Waals surface area contributed by atoms with Crippen molar-refractivity contribution in [2.45, 2.75) is 70.2 Å². The second-order valence-electron chi connectivity index (χ2n) is 7.10. The number of likely N-dealkylation sites (tertiary alicyclic amines) is 1. The van der Waals surface area contributed by atoms with E-state index in [4.69, 9.17) is 0 Å². The maximum atomic E-state index is 10.2. The lowest BCUT2D eigenvalue weighted by Crippen LogP contribution is -2.51. The van der Waals surface area contributed by atoms with Gasteiger partial charge in [0.25, 0.3) is 0 Å². The molecule has 2 aliphatic rings. The molecule has 2 unspecified atom stereocenters. The number of benzene rings is 1. The second kappa shape index (κ2) is 7.58. The van der Waals surface area contributed by atoms with E-state index >= 15 is 0 Å². The molecule has 0 amide bonds. The molecule has 1 saturated carbocycles. The van der Waals surface area contributed by atoms with Gasteiger partial charge >= 0.3 is 0 Å². The van der Waals surface area contributed by atoms with E-state index in [1.54, 1.807) is 0 Å². The summed E-state index contributed by atoms with van der Waals surface area (Å²) in [5, 5.41) is 13.9. The zero-order chi connectivity index (χ0) is 15.4. The molecule has 122 valence electrons. The van der Waals surface area contributed by atoms with E-state index in [-0.39, 0.29) is 6.10 Å². The number of aryl methyl sites for hydroxylation is 1. The average molecular weight is 302 g/mol. The Morgan fingerprint density at radius 2 is 1.91 bits per heavy atom. The molecule has 1 heterocycles. The topological polar surface area (TPSA) is 35.5 Å². The summed E-state index contributed by atoms with van der Waals surface area (Å²) in [5.74, 6) is 0. The van der Waals surface area contributed by atoms with Crippen LogP contribution in [0.15, 0.2) is 24.3 Å². The fraction of sp³-hybridized carbons (Fsp3) is 0.684. The monoisotopic (exact) mass is 302 g/mol. The summed E-state index contributed by atoms with van der Waals surface area (Å²) in [6.45, 7) is 5.39. The van der Waals surface area contributed by atoms with E-state index in [1.165, 1.54) is 43.2 Å². The van der Waals surface area contributed by atoms with E-state index in [9.17, 15) is 5.11 Å². The van der Waals surface area contributed by atoms with Crippen molar-refractivity contribution in [3.05, 3.63) is 35.4 Å². The number of aliphatic hydroxyl groups is 1. The molecule has 3 heteroatoms. The number of piperidine rings is 1. The van der Waals surface area contributed by atoms with E-state index in [1.807, 2.05) is 0 Å². The smallest absolute Gasteiger partial charge is 0.0695 e. The van der Waals surface area contributed by atoms with Gasteiger partial charge in [0.1, 0.15) is 0 Å². The predicted molar refractivity (Wildman–Crippen MR) is 90.9 cm³/mol. The molecular formula is C19H30N2O. The van der Waals surface area contributed by atoms with Crippen molar-refractivity contribution in [2.24, 2.45) is 0 Å². The molecule has 2 fully saturated rings. The van der Waals surface area contributed by atoms with Gasteiger partial charge in [-0.25, -0.2) is 0 Å². The number of nitrogens with zero attached hydrogens (tertiary/aromatic N) is 1. The first-order valence-corrected chi connectivity index (χ1v) is 8.93. The second-order valence-corrected chi connectivity index (χ2v) is 7.10. The fourth-order valence-corrected chi connectivity index (χ4v) is 4.04. The largest absolute Gasteiger partial charge is 0.391 e. The third-order valence-electron chi connectivity index (χ3n) is 5.37. The molecule has 1 aliphatic carbocycles. The molecule has 2 atom stereocenters. The van der Waals surface area contributed by atoms with Crippen LogP contribution in [-0.2, 0) is 6.54 Å². The van der Waals surface area contributed by atoms with Gasteiger partial charge in [-0.2, -0.15) is 0 Å². The highest BCUT2D eigenvalue weighted by atomic mass is 16.3. The number of hydrogen-bond donors (Lipinski definition) is 2. The van der Waals surface area contributed by atoms with Gasteiger partial charge in [-0.15, -0.1) is 0 Å². The molecule has 0 aromatic heterocycles. The summed E-state index contributed by atoms with van der Waals surface area (Å²) in [6.07, 6.45) is 6.98. The van der Waals surface area contributed by atoms with E-state index in [0.29, 0.717) is 12.1 Å². The highest BCUT2D eigenvalue weighted by Crippen LogP contribution is 2.25. The third kappa shape index (κ3) is 4.09. The van der Waals surface area contributed by atoms with Crippen LogP contribution < -0.4 is 5.32 Å². The Labute approximate surface area is 134 Å². The number of hydrogen-bond acceptors (Lipinski definition) is 3. The van der Waals surface area contributed by atoms with Crippen molar-refractivity contribution in [1.82, 2.24) is 10.2 Å². The minimum atomic E-state index is -0.0921. The van der Waals surface area contributed by atoms with Gasteiger partial charge in [0.15, 0.2) is 0 Å². The van der Waals surface area contributed by atoms with Gasteiger partial charge in [0.2, 0.25) is 0 Å². The number of rotatable bonds is 4. The molecule has 0 radical (unpaired) electrons. The standard InChI is InChI=1S/C19H30N2O/c1-15-5-4-6-16(13-15)14-20-17-9-11-21(12-10-17)18-7-2-3-8-19(18)22/h4-6,13,17-20,22H,2-3,7-12,14H2,1H3. The van der Waals surface area contributed by atoms with Crippen molar-refractivity contribution >= 4 is 0 Å². The average Bonchev–Trinajstić information content (AvgIpc) is 2.54. The number of nitrogens with one attached hydrogen (secondary N) is 1. The Balaban J connectivity index is 1.43. The first-order valence-electron chi connectivity index (χ1n) is 8.93. The zero-order valence-electron chi connectivity index (χ0n) is 13.8. The minimum Gasteiger partial charge on any atom is -0.391 e. The van der Waals surface area contributed by atoms with Gasteiger partial charge < -0.3 is 10.4 Å². The molecular weight excluding hydrogens is 272 g/mol. The summed E-state index contributed by atoms with van der Waals surface area (Å²) >= 11 is 0. The zero-order valence-corrected chi connectivity index (χ0v) is 13.8. The van der Waals surface area contributed by atoms with Crippen molar-refractivity contribution < 1.29 is 5.11 Å². The Kier molecular flexibility index (Phi) is 5.51. The molecule has 3 nitrogen and oxygen atoms in total. The lowest BCUT2D eigenvalue weighted by molar-refractivity contribution is 0.00714. The van der Waals surface area contributed by atoms with Gasteiger partial charge in [0.05, 0.1) is 6.10 Å². The third-order valence-corrected chi connectivity index (χ3v) is 5.37. The SMILES string of the molecule is Cc1cccc(CNC2CCN(C3CCCCC3O)CC2)c1. The Bertz CT molecular complexity index is 468. The minimum absolute atomic E-state index is 0.0921. The van der Waals surface area contributed by atoms with Crippen molar-refractivity contribution in [3.63, 3.8) is 0 Å². The van der Waals surface area contributed by atoms with Crippen LogP contribution in [0.5, 0.6) is 0 Å². The molecule has 0 bridgehead atoms. The Hall–Kier alpha value is -0.900. The van der Waals surface area contributed by atoms with Crippen molar-refractivity contribution in [1.29, 1.82) is 0 Å². The maximum absolute atomic E-state index is 10.2. The van der Waals surface area contributed by atoms with Crippen LogP contribution in [0.4, 0.5) is 0 Å². The van der Waals surface area contributed by atoms with Gasteiger partial charge in [-0.05, 0) is 38.2 Å². The molecule has 1 aromatic carbocycles. The maximum Gasteiger partial charge on any atom is 0.0695 e. The lowest BCUT2D eigenvalue weighted by atomic mass is 9.89. The molecule has 0 spiro atoms. The van der Waals surface area contributed by atoms with Gasteiger partial charge in [-0.3, -0.25) is 4.90 Å². The quantitative estimate of drug-likeness (QED) is 0.898. The summed E-state index contributed by atoms with van der Waals surface area (Å²) in [6, 6.07) is 9.80. The van der Waals surface area contributed by atoms with Crippen LogP contribution >= 0.6 is 0 Å². The fourth-order valence-electron chi connectivity index (χ4n) is 4.04. The lowest BCUT2D eigenvalue weighted by Gasteiger charge is -2.41. The summed E-state index contributed by atoms with van der Waals surface area (Å²) in [5.41, 5.74) is 2.71. The molecule has 3 rings (SSSR count). The van der Waals surface area contributed by atoms with Crippen LogP contribution in [0, 0.1) is 6.92 Å². The highest BCUT2D eigenvalue weighted by molar-refractivity contribution is 5.22. The summed E-state index contributed by atoms with van der Waals surface area (Å²) in [7, 11) is 0. The van der Waals surface area contributed by atoms with Crippen LogP contribution in [-0.4, -0.2) is 41.3 Å². The van der Waals surface area contributed by atoms with Crippen LogP contribution in [0.1, 0.15) is 49.7 Å². The molecule has 2 N–H and O–H groups in total. The Morgan fingerprint density at radius 3 is 2.64 bits per heavy atom. The number of aliphatic hydroxyl groups excluding tert-OH is 1. The molecule has 1 aromatic rings. The molecule has 22 heavy (non-hydrogen) atoms. The normalized spacial score (nSPS) is 27.9. The van der Waals surface area contributed by atoms with Crippen LogP contribution in [0.25, 0.3) is 0 Å². The molecule has 1 aliphatic heterocycles. The van der Waals surface area contributed by atoms with Crippen LogP contribution in [0.2, 0.25) is 0 Å².